The van der Waals surface area contributed by atoms with Crippen LogP contribution in [0.3, 0.4) is 0 Å². The number of nitrogens with one attached hydrogen (secondary N) is 1. The van der Waals surface area contributed by atoms with E-state index < -0.39 is 5.97 Å². The molecule has 0 aromatic rings. The van der Waals surface area contributed by atoms with Gasteiger partial charge in [-0.1, -0.05) is 0 Å². The molecule has 0 radical (unpaired) electrons. The van der Waals surface area contributed by atoms with Crippen molar-refractivity contribution in [2.24, 2.45) is 0 Å². The molecule has 0 aliphatic carbocycles. The van der Waals surface area contributed by atoms with Crippen molar-refractivity contribution in [3.8, 4) is 0 Å². The standard InChI is InChI=1S/C9H14N2O4/c12-7-6-11(5-1-4-10-7)8(13)2-3-9(14)15/h1-6H2,(H,10,12)(H,14,15). The Hall–Kier alpha value is -1.59. The third-order valence-corrected chi connectivity index (χ3v) is 2.17. The molecule has 0 spiro atoms. The number of carbonyl (C=O) groups is 3. The van der Waals surface area contributed by atoms with Crippen LogP contribution in [0.1, 0.15) is 19.3 Å². The van der Waals surface area contributed by atoms with Gasteiger partial charge in [0.15, 0.2) is 0 Å². The van der Waals surface area contributed by atoms with E-state index in [1.165, 1.54) is 4.90 Å². The molecule has 1 fully saturated rings. The second kappa shape index (κ2) is 5.33. The zero-order chi connectivity index (χ0) is 11.3. The predicted octanol–water partition coefficient (Wildman–Crippen LogP) is -0.800. The van der Waals surface area contributed by atoms with Crippen LogP contribution in [0.15, 0.2) is 0 Å². The molecule has 1 saturated heterocycles. The van der Waals surface area contributed by atoms with E-state index in [-0.39, 0.29) is 31.2 Å². The maximum absolute atomic E-state index is 11.5. The lowest BCUT2D eigenvalue weighted by Gasteiger charge is -2.18. The van der Waals surface area contributed by atoms with Crippen LogP contribution < -0.4 is 5.32 Å². The fourth-order valence-electron chi connectivity index (χ4n) is 1.39. The van der Waals surface area contributed by atoms with Crippen molar-refractivity contribution in [2.75, 3.05) is 19.6 Å². The summed E-state index contributed by atoms with van der Waals surface area (Å²) in [4.78, 5) is 34.3. The molecule has 15 heavy (non-hydrogen) atoms. The molecule has 0 unspecified atom stereocenters. The summed E-state index contributed by atoms with van der Waals surface area (Å²) in [6.07, 6.45) is 0.490. The number of carboxylic acid groups (broad SMARTS) is 1. The summed E-state index contributed by atoms with van der Waals surface area (Å²) in [6.45, 7) is 1.12. The summed E-state index contributed by atoms with van der Waals surface area (Å²) in [5, 5.41) is 11.1. The van der Waals surface area contributed by atoms with Crippen molar-refractivity contribution >= 4 is 17.8 Å². The van der Waals surface area contributed by atoms with Crippen LogP contribution in [0.2, 0.25) is 0 Å². The first-order valence-corrected chi connectivity index (χ1v) is 4.86. The summed E-state index contributed by atoms with van der Waals surface area (Å²) in [6, 6.07) is 0. The molecule has 2 N–H and O–H groups in total. The van der Waals surface area contributed by atoms with Gasteiger partial charge in [0.1, 0.15) is 0 Å². The van der Waals surface area contributed by atoms with Crippen LogP contribution in [-0.2, 0) is 14.4 Å². The Balaban J connectivity index is 2.42. The van der Waals surface area contributed by atoms with E-state index >= 15 is 0 Å². The lowest BCUT2D eigenvalue weighted by atomic mass is 10.2. The summed E-state index contributed by atoms with van der Waals surface area (Å²) >= 11 is 0. The Bertz CT molecular complexity index is 277. The Morgan fingerprint density at radius 2 is 2.13 bits per heavy atom. The van der Waals surface area contributed by atoms with Crippen molar-refractivity contribution in [2.45, 2.75) is 19.3 Å². The third kappa shape index (κ3) is 3.97. The Kier molecular flexibility index (Phi) is 4.08. The number of aliphatic carboxylic acids is 1. The molecule has 0 atom stereocenters. The molecule has 0 aromatic heterocycles. The lowest BCUT2D eigenvalue weighted by Crippen LogP contribution is -2.37. The average molecular weight is 214 g/mol. The molecule has 0 bridgehead atoms. The maximum Gasteiger partial charge on any atom is 0.303 e. The smallest absolute Gasteiger partial charge is 0.303 e. The van der Waals surface area contributed by atoms with Gasteiger partial charge in [-0.2, -0.15) is 0 Å². The zero-order valence-electron chi connectivity index (χ0n) is 8.36. The van der Waals surface area contributed by atoms with Crippen molar-refractivity contribution in [1.82, 2.24) is 10.2 Å². The first-order valence-electron chi connectivity index (χ1n) is 4.86. The van der Waals surface area contributed by atoms with E-state index in [0.29, 0.717) is 19.5 Å². The van der Waals surface area contributed by atoms with Crippen LogP contribution >= 0.6 is 0 Å². The minimum Gasteiger partial charge on any atom is -0.481 e. The van der Waals surface area contributed by atoms with Gasteiger partial charge in [-0.15, -0.1) is 0 Å². The monoisotopic (exact) mass is 214 g/mol. The first kappa shape index (κ1) is 11.5. The highest BCUT2D eigenvalue weighted by molar-refractivity contribution is 5.86. The van der Waals surface area contributed by atoms with Crippen molar-refractivity contribution in [3.05, 3.63) is 0 Å². The fourth-order valence-corrected chi connectivity index (χ4v) is 1.39. The van der Waals surface area contributed by atoms with Crippen LogP contribution in [-0.4, -0.2) is 47.4 Å². The molecular weight excluding hydrogens is 200 g/mol. The normalized spacial score (nSPS) is 16.8. The highest BCUT2D eigenvalue weighted by Crippen LogP contribution is 2.01. The van der Waals surface area contributed by atoms with Gasteiger partial charge in [-0.3, -0.25) is 14.4 Å². The molecule has 0 saturated carbocycles. The van der Waals surface area contributed by atoms with Crippen LogP contribution in [0.4, 0.5) is 0 Å². The van der Waals surface area contributed by atoms with Gasteiger partial charge in [0, 0.05) is 19.5 Å². The van der Waals surface area contributed by atoms with E-state index in [9.17, 15) is 14.4 Å². The predicted molar refractivity (Wildman–Crippen MR) is 51.1 cm³/mol. The maximum atomic E-state index is 11.5. The minimum absolute atomic E-state index is 0.0391. The zero-order valence-corrected chi connectivity index (χ0v) is 8.36. The molecule has 1 aliphatic heterocycles. The van der Waals surface area contributed by atoms with Gasteiger partial charge < -0.3 is 15.3 Å². The molecule has 84 valence electrons. The third-order valence-electron chi connectivity index (χ3n) is 2.17. The van der Waals surface area contributed by atoms with E-state index in [1.54, 1.807) is 0 Å². The van der Waals surface area contributed by atoms with E-state index in [4.69, 9.17) is 5.11 Å². The molecule has 0 aromatic carbocycles. The molecule has 2 amide bonds. The Labute approximate surface area is 87.2 Å². The van der Waals surface area contributed by atoms with E-state index in [1.807, 2.05) is 0 Å². The highest BCUT2D eigenvalue weighted by atomic mass is 16.4. The number of carbonyl (C=O) groups excluding carboxylic acids is 2. The topological polar surface area (TPSA) is 86.7 Å². The fraction of sp³-hybridized carbons (Fsp3) is 0.667. The molecule has 1 rings (SSSR count). The molecule has 6 heteroatoms. The van der Waals surface area contributed by atoms with Gasteiger partial charge in [0.2, 0.25) is 11.8 Å². The highest BCUT2D eigenvalue weighted by Gasteiger charge is 2.19. The van der Waals surface area contributed by atoms with Gasteiger partial charge in [0.05, 0.1) is 13.0 Å². The number of hydrogen-bond donors (Lipinski definition) is 2. The number of hydrogen-bond acceptors (Lipinski definition) is 3. The summed E-state index contributed by atoms with van der Waals surface area (Å²) in [5.74, 6) is -1.45. The molecule has 1 aliphatic rings. The Morgan fingerprint density at radius 1 is 1.40 bits per heavy atom. The van der Waals surface area contributed by atoms with Gasteiger partial charge in [0.25, 0.3) is 0 Å². The molecular formula is C9H14N2O4. The largest absolute Gasteiger partial charge is 0.481 e. The lowest BCUT2D eigenvalue weighted by molar-refractivity contribution is -0.141. The number of amides is 2. The summed E-state index contributed by atoms with van der Waals surface area (Å²) in [5.41, 5.74) is 0. The van der Waals surface area contributed by atoms with Gasteiger partial charge in [-0.05, 0) is 6.42 Å². The van der Waals surface area contributed by atoms with Gasteiger partial charge in [-0.25, -0.2) is 0 Å². The van der Waals surface area contributed by atoms with Crippen LogP contribution in [0.25, 0.3) is 0 Å². The summed E-state index contributed by atoms with van der Waals surface area (Å²) in [7, 11) is 0. The second-order valence-electron chi connectivity index (χ2n) is 3.41. The average Bonchev–Trinajstić information content (AvgIpc) is 2.39. The second-order valence-corrected chi connectivity index (χ2v) is 3.41. The van der Waals surface area contributed by atoms with E-state index in [2.05, 4.69) is 5.32 Å². The van der Waals surface area contributed by atoms with Crippen molar-refractivity contribution in [3.63, 3.8) is 0 Å². The SMILES string of the molecule is O=C(O)CCC(=O)N1CCCNC(=O)C1. The minimum atomic E-state index is -0.998. The first-order chi connectivity index (χ1) is 7.09. The number of nitrogens with zero attached hydrogens (tertiary/aromatic N) is 1. The van der Waals surface area contributed by atoms with Crippen molar-refractivity contribution < 1.29 is 19.5 Å². The van der Waals surface area contributed by atoms with Gasteiger partial charge >= 0.3 is 5.97 Å². The molecule has 6 nitrogen and oxygen atoms in total. The van der Waals surface area contributed by atoms with Crippen LogP contribution in [0.5, 0.6) is 0 Å². The molecule has 1 heterocycles. The van der Waals surface area contributed by atoms with Crippen LogP contribution in [0, 0.1) is 0 Å². The van der Waals surface area contributed by atoms with Crippen molar-refractivity contribution in [1.29, 1.82) is 0 Å². The summed E-state index contributed by atoms with van der Waals surface area (Å²) < 4.78 is 0. The Morgan fingerprint density at radius 3 is 2.80 bits per heavy atom. The number of rotatable bonds is 3. The van der Waals surface area contributed by atoms with E-state index in [0.717, 1.165) is 0 Å². The quantitative estimate of drug-likeness (QED) is 0.644. The number of carboxylic acids is 1.